The minimum absolute atomic E-state index is 0.104. The first-order chi connectivity index (χ1) is 13.2. The van der Waals surface area contributed by atoms with Gasteiger partial charge in [0.2, 0.25) is 5.13 Å². The molecule has 1 aliphatic heterocycles. The molecule has 140 valence electrons. The number of aromatic nitrogens is 3. The Morgan fingerprint density at radius 3 is 2.81 bits per heavy atom. The number of piperidine rings is 1. The van der Waals surface area contributed by atoms with Crippen molar-refractivity contribution in [3.63, 3.8) is 0 Å². The van der Waals surface area contributed by atoms with Crippen LogP contribution in [0, 0.1) is 6.92 Å². The molecule has 1 amide bonds. The second kappa shape index (κ2) is 7.87. The number of nitrogens with one attached hydrogen (secondary N) is 1. The summed E-state index contributed by atoms with van der Waals surface area (Å²) in [5.41, 5.74) is 0.778. The van der Waals surface area contributed by atoms with E-state index in [1.165, 1.54) is 30.6 Å². The Balaban J connectivity index is 1.49. The molecule has 1 N–H and O–H groups in total. The largest absolute Gasteiger partial charge is 0.481 e. The van der Waals surface area contributed by atoms with Crippen LogP contribution >= 0.6 is 11.3 Å². The zero-order valence-corrected chi connectivity index (χ0v) is 16.0. The van der Waals surface area contributed by atoms with Crippen LogP contribution in [0.5, 0.6) is 5.75 Å². The molecule has 2 aromatic heterocycles. The van der Waals surface area contributed by atoms with Crippen LogP contribution in [0.3, 0.4) is 0 Å². The molecule has 1 aromatic carbocycles. The third kappa shape index (κ3) is 4.16. The van der Waals surface area contributed by atoms with Gasteiger partial charge < -0.3 is 9.64 Å². The van der Waals surface area contributed by atoms with E-state index in [1.807, 2.05) is 25.1 Å². The number of anilines is 2. The Morgan fingerprint density at radius 2 is 2.04 bits per heavy atom. The van der Waals surface area contributed by atoms with Crippen molar-refractivity contribution < 1.29 is 9.53 Å². The summed E-state index contributed by atoms with van der Waals surface area (Å²) in [6, 6.07) is 9.87. The maximum atomic E-state index is 12.1. The summed E-state index contributed by atoms with van der Waals surface area (Å²) in [5, 5.41) is 12.7. The highest BCUT2D eigenvalue weighted by atomic mass is 32.1. The molecule has 1 fully saturated rings. The van der Waals surface area contributed by atoms with Crippen molar-refractivity contribution in [3.05, 3.63) is 35.3 Å². The number of hydrogen-bond acceptors (Lipinski definition) is 7. The second-order valence-electron chi connectivity index (χ2n) is 6.51. The van der Waals surface area contributed by atoms with Crippen LogP contribution < -0.4 is 15.0 Å². The Bertz CT molecular complexity index is 952. The van der Waals surface area contributed by atoms with Gasteiger partial charge in [-0.3, -0.25) is 10.1 Å². The first kappa shape index (κ1) is 17.7. The highest BCUT2D eigenvalue weighted by Gasteiger charge is 2.14. The molecule has 0 unspecified atom stereocenters. The second-order valence-corrected chi connectivity index (χ2v) is 7.69. The molecule has 0 spiro atoms. The number of rotatable bonds is 5. The number of ether oxygens (including phenoxy) is 1. The van der Waals surface area contributed by atoms with Crippen LogP contribution in [0.15, 0.2) is 30.3 Å². The van der Waals surface area contributed by atoms with Crippen LogP contribution in [0.1, 0.15) is 24.3 Å². The van der Waals surface area contributed by atoms with E-state index in [-0.39, 0.29) is 12.5 Å². The smallest absolute Gasteiger partial charge is 0.264 e. The number of aryl methyl sites for hydroxylation is 1. The van der Waals surface area contributed by atoms with Gasteiger partial charge in [0.25, 0.3) is 5.91 Å². The van der Waals surface area contributed by atoms with E-state index in [1.54, 1.807) is 0 Å². The van der Waals surface area contributed by atoms with E-state index < -0.39 is 0 Å². The molecule has 3 aromatic rings. The molecule has 0 aliphatic carbocycles. The molecule has 4 rings (SSSR count). The fourth-order valence-electron chi connectivity index (χ4n) is 3.17. The van der Waals surface area contributed by atoms with Gasteiger partial charge in [0.1, 0.15) is 22.1 Å². The normalized spacial score (nSPS) is 14.3. The van der Waals surface area contributed by atoms with Crippen LogP contribution in [-0.2, 0) is 4.79 Å². The third-order valence-corrected chi connectivity index (χ3v) is 5.23. The predicted octanol–water partition coefficient (Wildman–Crippen LogP) is 3.40. The van der Waals surface area contributed by atoms with Gasteiger partial charge in [-0.05, 0) is 44.4 Å². The van der Waals surface area contributed by atoms with Gasteiger partial charge in [-0.15, -0.1) is 10.2 Å². The molecular weight excluding hydrogens is 362 g/mol. The third-order valence-electron chi connectivity index (χ3n) is 4.48. The molecule has 0 radical (unpaired) electrons. The van der Waals surface area contributed by atoms with Crippen LogP contribution in [0.25, 0.3) is 10.9 Å². The molecular formula is C19H21N5O2S. The minimum atomic E-state index is -0.268. The summed E-state index contributed by atoms with van der Waals surface area (Å²) >= 11 is 1.33. The van der Waals surface area contributed by atoms with Crippen molar-refractivity contribution in [1.82, 2.24) is 15.2 Å². The maximum absolute atomic E-state index is 12.1. The van der Waals surface area contributed by atoms with Crippen molar-refractivity contribution in [1.29, 1.82) is 0 Å². The number of pyridine rings is 1. The lowest BCUT2D eigenvalue weighted by molar-refractivity contribution is -0.118. The van der Waals surface area contributed by atoms with E-state index >= 15 is 0 Å². The van der Waals surface area contributed by atoms with Crippen molar-refractivity contribution >= 4 is 39.1 Å². The molecule has 27 heavy (non-hydrogen) atoms. The fourth-order valence-corrected chi connectivity index (χ4v) is 3.78. The molecule has 0 saturated carbocycles. The number of carbonyl (C=O) groups excluding carboxylic acids is 1. The number of fused-ring (bicyclic) bond motifs is 1. The SMILES string of the molecule is Cc1nnc(NC(=O)COc2cccc3ccc(N4CCCCC4)nc23)s1. The van der Waals surface area contributed by atoms with Gasteiger partial charge >= 0.3 is 0 Å². The average molecular weight is 383 g/mol. The summed E-state index contributed by atoms with van der Waals surface area (Å²) in [5.74, 6) is 1.30. The van der Waals surface area contributed by atoms with Gasteiger partial charge in [-0.2, -0.15) is 0 Å². The first-order valence-electron chi connectivity index (χ1n) is 9.06. The maximum Gasteiger partial charge on any atom is 0.264 e. The number of carbonyl (C=O) groups is 1. The van der Waals surface area contributed by atoms with Gasteiger partial charge in [-0.1, -0.05) is 23.5 Å². The van der Waals surface area contributed by atoms with Crippen LogP contribution in [0.2, 0.25) is 0 Å². The Hall–Kier alpha value is -2.74. The lowest BCUT2D eigenvalue weighted by atomic mass is 10.1. The fraction of sp³-hybridized carbons (Fsp3) is 0.368. The van der Waals surface area contributed by atoms with Crippen molar-refractivity contribution in [2.75, 3.05) is 29.9 Å². The molecule has 7 nitrogen and oxygen atoms in total. The van der Waals surface area contributed by atoms with Gasteiger partial charge in [0, 0.05) is 18.5 Å². The predicted molar refractivity (Wildman–Crippen MR) is 107 cm³/mol. The number of para-hydroxylation sites is 1. The summed E-state index contributed by atoms with van der Waals surface area (Å²) in [6.07, 6.45) is 3.67. The molecule has 1 saturated heterocycles. The van der Waals surface area contributed by atoms with Crippen LogP contribution in [0.4, 0.5) is 10.9 Å². The zero-order valence-electron chi connectivity index (χ0n) is 15.1. The molecule has 3 heterocycles. The molecule has 1 aliphatic rings. The van der Waals surface area contributed by atoms with E-state index in [2.05, 4.69) is 32.5 Å². The van der Waals surface area contributed by atoms with E-state index in [0.29, 0.717) is 10.9 Å². The number of benzene rings is 1. The monoisotopic (exact) mass is 383 g/mol. The van der Waals surface area contributed by atoms with Crippen molar-refractivity contribution in [3.8, 4) is 5.75 Å². The summed E-state index contributed by atoms with van der Waals surface area (Å²) in [6.45, 7) is 3.80. The number of nitrogens with zero attached hydrogens (tertiary/aromatic N) is 4. The van der Waals surface area contributed by atoms with Gasteiger partial charge in [-0.25, -0.2) is 4.98 Å². The minimum Gasteiger partial charge on any atom is -0.481 e. The number of hydrogen-bond donors (Lipinski definition) is 1. The lowest BCUT2D eigenvalue weighted by Gasteiger charge is -2.28. The lowest BCUT2D eigenvalue weighted by Crippen LogP contribution is -2.30. The quantitative estimate of drug-likeness (QED) is 0.727. The Morgan fingerprint density at radius 1 is 1.19 bits per heavy atom. The Labute approximate surface area is 161 Å². The van der Waals surface area contributed by atoms with Crippen LogP contribution in [-0.4, -0.2) is 40.8 Å². The van der Waals surface area contributed by atoms with E-state index in [9.17, 15) is 4.79 Å². The summed E-state index contributed by atoms with van der Waals surface area (Å²) in [7, 11) is 0. The molecule has 0 atom stereocenters. The van der Waals surface area contributed by atoms with E-state index in [4.69, 9.17) is 9.72 Å². The Kier molecular flexibility index (Phi) is 5.15. The first-order valence-corrected chi connectivity index (χ1v) is 9.88. The molecule has 8 heteroatoms. The van der Waals surface area contributed by atoms with Crippen molar-refractivity contribution in [2.45, 2.75) is 26.2 Å². The zero-order chi connectivity index (χ0) is 18.6. The molecule has 0 bridgehead atoms. The van der Waals surface area contributed by atoms with Crippen molar-refractivity contribution in [2.24, 2.45) is 0 Å². The summed E-state index contributed by atoms with van der Waals surface area (Å²) in [4.78, 5) is 19.2. The standard InChI is InChI=1S/C19H21N5O2S/c1-13-22-23-19(27-13)21-17(25)12-26-15-7-5-6-14-8-9-16(20-18(14)15)24-10-3-2-4-11-24/h5-9H,2-4,10-12H2,1H3,(H,21,23,25). The number of amides is 1. The highest BCUT2D eigenvalue weighted by molar-refractivity contribution is 7.15. The van der Waals surface area contributed by atoms with Gasteiger partial charge in [0.15, 0.2) is 6.61 Å². The topological polar surface area (TPSA) is 80.2 Å². The van der Waals surface area contributed by atoms with Gasteiger partial charge in [0.05, 0.1) is 0 Å². The highest BCUT2D eigenvalue weighted by Crippen LogP contribution is 2.27. The van der Waals surface area contributed by atoms with E-state index in [0.717, 1.165) is 34.8 Å². The average Bonchev–Trinajstić information content (AvgIpc) is 3.11. The summed E-state index contributed by atoms with van der Waals surface area (Å²) < 4.78 is 5.77.